The zero-order valence-corrected chi connectivity index (χ0v) is 16.4. The van der Waals surface area contributed by atoms with Gasteiger partial charge in [0.1, 0.15) is 5.58 Å². The average molecular weight is 403 g/mol. The topological polar surface area (TPSA) is 87.7 Å². The molecule has 2 aliphatic heterocycles. The van der Waals surface area contributed by atoms with Crippen molar-refractivity contribution in [3.8, 4) is 17.6 Å². The molecule has 2 aromatic carbocycles. The highest BCUT2D eigenvalue weighted by molar-refractivity contribution is 5.91. The molecule has 0 radical (unpaired) electrons. The second-order valence-electron chi connectivity index (χ2n) is 7.57. The van der Waals surface area contributed by atoms with Crippen LogP contribution < -0.4 is 25.3 Å². The maximum Gasteiger partial charge on any atom is 0.338 e. The van der Waals surface area contributed by atoms with Crippen molar-refractivity contribution in [2.75, 3.05) is 24.8 Å². The van der Waals surface area contributed by atoms with Crippen LogP contribution in [-0.4, -0.2) is 25.9 Å². The Kier molecular flexibility index (Phi) is 4.77. The van der Waals surface area contributed by atoms with Crippen molar-refractivity contribution in [2.45, 2.75) is 25.4 Å². The third kappa shape index (κ3) is 3.46. The van der Waals surface area contributed by atoms with E-state index in [4.69, 9.17) is 13.9 Å². The van der Waals surface area contributed by atoms with Crippen molar-refractivity contribution in [3.63, 3.8) is 0 Å². The van der Waals surface area contributed by atoms with Crippen LogP contribution in [0.1, 0.15) is 24.0 Å². The largest absolute Gasteiger partial charge is 0.454 e. The van der Waals surface area contributed by atoms with Crippen LogP contribution in [0.25, 0.3) is 11.0 Å². The molecule has 0 bridgehead atoms. The van der Waals surface area contributed by atoms with Crippen LogP contribution >= 0.6 is 0 Å². The number of benzene rings is 2. The molecular formula is C23H21N3O4. The van der Waals surface area contributed by atoms with Crippen molar-refractivity contribution in [2.24, 2.45) is 0 Å². The molecule has 3 heterocycles. The first-order chi connectivity index (χ1) is 14.7. The third-order valence-corrected chi connectivity index (χ3v) is 5.70. The van der Waals surface area contributed by atoms with Gasteiger partial charge in [-0.3, -0.25) is 0 Å². The van der Waals surface area contributed by atoms with Crippen LogP contribution in [0.4, 0.5) is 5.69 Å². The summed E-state index contributed by atoms with van der Waals surface area (Å²) in [6, 6.07) is 15.1. The Labute approximate surface area is 173 Å². The van der Waals surface area contributed by atoms with Gasteiger partial charge in [0.25, 0.3) is 0 Å². The fraction of sp³-hybridized carbons (Fsp3) is 0.304. The number of nitriles is 1. The van der Waals surface area contributed by atoms with E-state index in [1.165, 1.54) is 0 Å². The Morgan fingerprint density at radius 2 is 1.90 bits per heavy atom. The van der Waals surface area contributed by atoms with Crippen LogP contribution in [-0.2, 0) is 6.54 Å². The first-order valence-electron chi connectivity index (χ1n) is 10.1. The molecule has 1 saturated heterocycles. The van der Waals surface area contributed by atoms with Gasteiger partial charge >= 0.3 is 5.63 Å². The normalized spacial score (nSPS) is 15.8. The van der Waals surface area contributed by atoms with E-state index in [2.05, 4.69) is 16.3 Å². The molecule has 2 aliphatic rings. The summed E-state index contributed by atoms with van der Waals surface area (Å²) in [4.78, 5) is 14.6. The van der Waals surface area contributed by atoms with E-state index >= 15 is 0 Å². The van der Waals surface area contributed by atoms with Gasteiger partial charge in [0.2, 0.25) is 6.79 Å². The molecule has 1 fully saturated rings. The van der Waals surface area contributed by atoms with Gasteiger partial charge in [0.05, 0.1) is 17.3 Å². The first-order valence-corrected chi connectivity index (χ1v) is 10.1. The minimum Gasteiger partial charge on any atom is -0.454 e. The lowest BCUT2D eigenvalue weighted by Gasteiger charge is -2.37. The van der Waals surface area contributed by atoms with E-state index in [0.29, 0.717) is 17.7 Å². The van der Waals surface area contributed by atoms with Crippen molar-refractivity contribution >= 4 is 16.7 Å². The third-order valence-electron chi connectivity index (χ3n) is 5.70. The fourth-order valence-corrected chi connectivity index (χ4v) is 4.22. The van der Waals surface area contributed by atoms with Gasteiger partial charge in [-0.2, -0.15) is 5.26 Å². The number of piperidine rings is 1. The van der Waals surface area contributed by atoms with E-state index in [-0.39, 0.29) is 12.8 Å². The van der Waals surface area contributed by atoms with Crippen molar-refractivity contribution in [1.29, 1.82) is 5.26 Å². The lowest BCUT2D eigenvalue weighted by molar-refractivity contribution is 0.174. The molecular weight excluding hydrogens is 382 g/mol. The summed E-state index contributed by atoms with van der Waals surface area (Å²) in [5.41, 5.74) is 2.48. The van der Waals surface area contributed by atoms with Crippen molar-refractivity contribution in [1.82, 2.24) is 5.32 Å². The summed E-state index contributed by atoms with van der Waals surface area (Å²) < 4.78 is 16.4. The molecule has 30 heavy (non-hydrogen) atoms. The van der Waals surface area contributed by atoms with Gasteiger partial charge in [0.15, 0.2) is 11.5 Å². The fourth-order valence-electron chi connectivity index (χ4n) is 4.22. The monoisotopic (exact) mass is 403 g/mol. The highest BCUT2D eigenvalue weighted by Crippen LogP contribution is 2.35. The summed E-state index contributed by atoms with van der Waals surface area (Å²) >= 11 is 0. The maximum absolute atomic E-state index is 12.3. The van der Waals surface area contributed by atoms with E-state index < -0.39 is 5.63 Å². The second kappa shape index (κ2) is 7.73. The number of nitrogens with zero attached hydrogens (tertiary/aromatic N) is 2. The predicted octanol–water partition coefficient (Wildman–Crippen LogP) is 3.15. The zero-order chi connectivity index (χ0) is 20.5. The number of fused-ring (bicyclic) bond motifs is 2. The molecule has 0 atom stereocenters. The van der Waals surface area contributed by atoms with Gasteiger partial charge in [0, 0.05) is 24.0 Å². The molecule has 0 amide bonds. The molecule has 7 heteroatoms. The number of hydrogen-bond acceptors (Lipinski definition) is 7. The predicted molar refractivity (Wildman–Crippen MR) is 112 cm³/mol. The number of ether oxygens (including phenoxy) is 2. The lowest BCUT2D eigenvalue weighted by atomic mass is 10.0. The lowest BCUT2D eigenvalue weighted by Crippen LogP contribution is -2.43. The Balaban J connectivity index is 1.61. The SMILES string of the molecule is N#Cc1ccc2oc(=O)cc(N(Cc3ccc4c(c3)OCO4)C3CCNCC3)c2c1. The van der Waals surface area contributed by atoms with Gasteiger partial charge < -0.3 is 24.1 Å². The maximum atomic E-state index is 12.3. The number of hydrogen-bond donors (Lipinski definition) is 1. The minimum atomic E-state index is -0.396. The molecule has 0 saturated carbocycles. The van der Waals surface area contributed by atoms with E-state index in [0.717, 1.165) is 54.1 Å². The molecule has 0 unspecified atom stereocenters. The standard InChI is InChI=1S/C23H21N3O4/c24-12-15-1-3-20-18(9-15)19(11-23(27)30-20)26(17-5-7-25-8-6-17)13-16-2-4-21-22(10-16)29-14-28-21/h1-4,9-11,17,25H,5-8,13-14H2. The molecule has 1 aromatic heterocycles. The summed E-state index contributed by atoms with van der Waals surface area (Å²) in [7, 11) is 0. The Hall–Kier alpha value is -3.50. The molecule has 0 aliphatic carbocycles. The van der Waals surface area contributed by atoms with E-state index in [9.17, 15) is 10.1 Å². The van der Waals surface area contributed by atoms with Crippen LogP contribution in [0.15, 0.2) is 51.7 Å². The molecule has 0 spiro atoms. The highest BCUT2D eigenvalue weighted by atomic mass is 16.7. The van der Waals surface area contributed by atoms with Gasteiger partial charge in [-0.25, -0.2) is 4.79 Å². The van der Waals surface area contributed by atoms with Crippen LogP contribution in [0.3, 0.4) is 0 Å². The van der Waals surface area contributed by atoms with Gasteiger partial charge in [-0.15, -0.1) is 0 Å². The molecule has 152 valence electrons. The van der Waals surface area contributed by atoms with Gasteiger partial charge in [-0.05, 0) is 61.8 Å². The summed E-state index contributed by atoms with van der Waals surface area (Å²) in [6.45, 7) is 2.69. The van der Waals surface area contributed by atoms with Crippen LogP contribution in [0, 0.1) is 11.3 Å². The number of rotatable bonds is 4. The Bertz CT molecular complexity index is 1190. The van der Waals surface area contributed by atoms with Crippen LogP contribution in [0.2, 0.25) is 0 Å². The highest BCUT2D eigenvalue weighted by Gasteiger charge is 2.25. The molecule has 7 nitrogen and oxygen atoms in total. The Morgan fingerprint density at radius 1 is 1.07 bits per heavy atom. The second-order valence-corrected chi connectivity index (χ2v) is 7.57. The van der Waals surface area contributed by atoms with Gasteiger partial charge in [-0.1, -0.05) is 6.07 Å². The summed E-state index contributed by atoms with van der Waals surface area (Å²) in [5.74, 6) is 1.48. The van der Waals surface area contributed by atoms with Crippen molar-refractivity contribution in [3.05, 3.63) is 64.0 Å². The minimum absolute atomic E-state index is 0.234. The number of anilines is 1. The molecule has 5 rings (SSSR count). The molecule has 3 aromatic rings. The number of nitrogens with one attached hydrogen (secondary N) is 1. The van der Waals surface area contributed by atoms with E-state index in [1.807, 2.05) is 18.2 Å². The Morgan fingerprint density at radius 3 is 2.73 bits per heavy atom. The summed E-state index contributed by atoms with van der Waals surface area (Å²) in [5, 5.41) is 13.5. The zero-order valence-electron chi connectivity index (χ0n) is 16.4. The smallest absolute Gasteiger partial charge is 0.338 e. The quantitative estimate of drug-likeness (QED) is 0.670. The average Bonchev–Trinajstić information content (AvgIpc) is 3.25. The van der Waals surface area contributed by atoms with Crippen molar-refractivity contribution < 1.29 is 13.9 Å². The van der Waals surface area contributed by atoms with Crippen LogP contribution in [0.5, 0.6) is 11.5 Å². The summed E-state index contributed by atoms with van der Waals surface area (Å²) in [6.07, 6.45) is 1.93. The van der Waals surface area contributed by atoms with E-state index in [1.54, 1.807) is 24.3 Å². The first kappa shape index (κ1) is 18.5. The molecule has 1 N–H and O–H groups in total.